The number of ether oxygens (including phenoxy) is 1. The van der Waals surface area contributed by atoms with Crippen molar-refractivity contribution in [2.24, 2.45) is 5.92 Å². The van der Waals surface area contributed by atoms with Crippen LogP contribution in [0.15, 0.2) is 12.7 Å². The third-order valence-electron chi connectivity index (χ3n) is 3.89. The first-order valence-corrected chi connectivity index (χ1v) is 6.74. The maximum Gasteiger partial charge on any atom is 0.167 e. The van der Waals surface area contributed by atoms with Crippen molar-refractivity contribution in [2.45, 2.75) is 24.5 Å². The fraction of sp³-hybridized carbons (Fsp3) is 0.583. The van der Waals surface area contributed by atoms with Gasteiger partial charge in [-0.1, -0.05) is 0 Å². The van der Waals surface area contributed by atoms with Crippen LogP contribution in [-0.4, -0.2) is 71.5 Å². The molecule has 0 amide bonds. The Morgan fingerprint density at radius 3 is 2.77 bits per heavy atom. The molecule has 2 aromatic rings. The van der Waals surface area contributed by atoms with E-state index in [1.54, 1.807) is 0 Å². The van der Waals surface area contributed by atoms with Crippen molar-refractivity contribution in [3.05, 3.63) is 12.7 Å². The minimum absolute atomic E-state index is 0.196. The minimum atomic E-state index is -1.22. The molecule has 0 unspecified atom stereocenters. The van der Waals surface area contributed by atoms with Gasteiger partial charge in [0.2, 0.25) is 0 Å². The van der Waals surface area contributed by atoms with Crippen LogP contribution >= 0.6 is 0 Å². The summed E-state index contributed by atoms with van der Waals surface area (Å²) in [6.07, 6.45) is -1.49. The van der Waals surface area contributed by atoms with Gasteiger partial charge in [0.1, 0.15) is 24.1 Å². The van der Waals surface area contributed by atoms with E-state index < -0.39 is 43.7 Å². The predicted octanol–water partition coefficient (Wildman–Crippen LogP) is -2.37. The van der Waals surface area contributed by atoms with Crippen LogP contribution in [0.4, 0.5) is 5.82 Å². The zero-order chi connectivity index (χ0) is 15.9. The third-order valence-corrected chi connectivity index (χ3v) is 3.89. The number of aliphatic hydroxyl groups excluding tert-OH is 4. The second kappa shape index (κ2) is 5.74. The molecular formula is C12H17N5O5. The number of aliphatic hydroxyl groups is 4. The quantitative estimate of drug-likeness (QED) is 0.415. The van der Waals surface area contributed by atoms with Crippen molar-refractivity contribution < 1.29 is 25.2 Å². The summed E-state index contributed by atoms with van der Waals surface area (Å²) >= 11 is 0. The first kappa shape index (κ1) is 15.1. The number of anilines is 1. The summed E-state index contributed by atoms with van der Waals surface area (Å²) < 4.78 is 7.09. The average molecular weight is 311 g/mol. The molecule has 0 bridgehead atoms. The summed E-state index contributed by atoms with van der Waals surface area (Å²) in [4.78, 5) is 12.0. The Labute approximate surface area is 124 Å². The Balaban J connectivity index is 1.98. The van der Waals surface area contributed by atoms with E-state index in [-0.39, 0.29) is 5.82 Å². The Morgan fingerprint density at radius 2 is 2.09 bits per heavy atom. The second-order valence-electron chi connectivity index (χ2n) is 5.16. The summed E-state index contributed by atoms with van der Waals surface area (Å²) in [6.45, 7) is -0.941. The van der Waals surface area contributed by atoms with Gasteiger partial charge in [-0.05, 0) is 0 Å². The summed E-state index contributed by atoms with van der Waals surface area (Å²) in [5, 5.41) is 38.6. The van der Waals surface area contributed by atoms with E-state index in [2.05, 4.69) is 15.0 Å². The first-order chi connectivity index (χ1) is 10.6. The SMILES string of the molecule is Nc1ncnc2c1ncn2[C@@H]1O[C@H]([C@H](O)CO)[C@@H](CO)[C@H]1O. The Hall–Kier alpha value is -1.85. The lowest BCUT2D eigenvalue weighted by atomic mass is 9.95. The highest BCUT2D eigenvalue weighted by Gasteiger charge is 2.47. The first-order valence-electron chi connectivity index (χ1n) is 6.74. The topological polar surface area (TPSA) is 160 Å². The largest absolute Gasteiger partial charge is 0.396 e. The molecule has 1 aliphatic rings. The summed E-state index contributed by atoms with van der Waals surface area (Å²) in [6, 6.07) is 0. The molecule has 0 saturated carbocycles. The molecular weight excluding hydrogens is 294 g/mol. The summed E-state index contributed by atoms with van der Waals surface area (Å²) in [7, 11) is 0. The number of fused-ring (bicyclic) bond motifs is 1. The molecule has 10 nitrogen and oxygen atoms in total. The lowest BCUT2D eigenvalue weighted by Crippen LogP contribution is -2.38. The van der Waals surface area contributed by atoms with Gasteiger partial charge in [-0.3, -0.25) is 4.57 Å². The smallest absolute Gasteiger partial charge is 0.167 e. The van der Waals surface area contributed by atoms with Gasteiger partial charge in [0.05, 0.1) is 25.6 Å². The highest BCUT2D eigenvalue weighted by atomic mass is 16.5. The Kier molecular flexibility index (Phi) is 3.93. The van der Waals surface area contributed by atoms with E-state index in [4.69, 9.17) is 15.6 Å². The Bertz CT molecular complexity index is 664. The molecule has 120 valence electrons. The molecule has 2 aromatic heterocycles. The van der Waals surface area contributed by atoms with Crippen molar-refractivity contribution >= 4 is 17.0 Å². The summed E-state index contributed by atoms with van der Waals surface area (Å²) in [5.41, 5.74) is 6.44. The number of hydrogen-bond acceptors (Lipinski definition) is 9. The molecule has 0 aliphatic carbocycles. The van der Waals surface area contributed by atoms with E-state index in [1.807, 2.05) is 0 Å². The van der Waals surface area contributed by atoms with Crippen LogP contribution in [0.1, 0.15) is 6.23 Å². The average Bonchev–Trinajstić information content (AvgIpc) is 3.08. The molecule has 5 atom stereocenters. The van der Waals surface area contributed by atoms with Crippen molar-refractivity contribution in [3.8, 4) is 0 Å². The van der Waals surface area contributed by atoms with E-state index >= 15 is 0 Å². The highest BCUT2D eigenvalue weighted by molar-refractivity contribution is 5.81. The number of imidazole rings is 1. The monoisotopic (exact) mass is 311 g/mol. The molecule has 1 fully saturated rings. The number of rotatable bonds is 4. The van der Waals surface area contributed by atoms with Crippen molar-refractivity contribution in [1.29, 1.82) is 0 Å². The van der Waals surface area contributed by atoms with Crippen LogP contribution in [0.25, 0.3) is 11.2 Å². The number of nitrogens with two attached hydrogens (primary N) is 1. The molecule has 0 radical (unpaired) electrons. The fourth-order valence-electron chi connectivity index (χ4n) is 2.73. The molecule has 3 rings (SSSR count). The highest BCUT2D eigenvalue weighted by Crippen LogP contribution is 2.36. The maximum absolute atomic E-state index is 10.4. The lowest BCUT2D eigenvalue weighted by molar-refractivity contribution is -0.0908. The minimum Gasteiger partial charge on any atom is -0.396 e. The van der Waals surface area contributed by atoms with Crippen LogP contribution in [0.3, 0.4) is 0 Å². The van der Waals surface area contributed by atoms with Crippen LogP contribution in [0.5, 0.6) is 0 Å². The third kappa shape index (κ3) is 2.21. The molecule has 0 spiro atoms. The van der Waals surface area contributed by atoms with Crippen molar-refractivity contribution in [3.63, 3.8) is 0 Å². The molecule has 10 heteroatoms. The van der Waals surface area contributed by atoms with Gasteiger partial charge in [0.25, 0.3) is 0 Å². The number of aromatic nitrogens is 4. The van der Waals surface area contributed by atoms with E-state index in [0.29, 0.717) is 11.2 Å². The van der Waals surface area contributed by atoms with Crippen LogP contribution in [-0.2, 0) is 4.74 Å². The lowest BCUT2D eigenvalue weighted by Gasteiger charge is -2.21. The predicted molar refractivity (Wildman–Crippen MR) is 73.3 cm³/mol. The molecule has 1 aliphatic heterocycles. The molecule has 0 aromatic carbocycles. The van der Waals surface area contributed by atoms with Gasteiger partial charge in [0, 0.05) is 5.92 Å². The van der Waals surface area contributed by atoms with Crippen LogP contribution in [0.2, 0.25) is 0 Å². The van der Waals surface area contributed by atoms with Crippen LogP contribution < -0.4 is 5.73 Å². The molecule has 6 N–H and O–H groups in total. The zero-order valence-electron chi connectivity index (χ0n) is 11.5. The Morgan fingerprint density at radius 1 is 1.32 bits per heavy atom. The summed E-state index contributed by atoms with van der Waals surface area (Å²) in [5.74, 6) is -0.550. The number of hydrogen-bond donors (Lipinski definition) is 5. The molecule has 1 saturated heterocycles. The van der Waals surface area contributed by atoms with Crippen molar-refractivity contribution in [1.82, 2.24) is 19.5 Å². The number of nitrogen functional groups attached to an aromatic ring is 1. The van der Waals surface area contributed by atoms with Gasteiger partial charge in [-0.15, -0.1) is 0 Å². The van der Waals surface area contributed by atoms with Gasteiger partial charge in [-0.25, -0.2) is 15.0 Å². The second-order valence-corrected chi connectivity index (χ2v) is 5.16. The fourth-order valence-corrected chi connectivity index (χ4v) is 2.73. The standard InChI is InChI=1S/C12H17N5O5/c13-10-7-11(15-3-14-10)17(4-16-7)12-8(21)5(1-18)9(22-12)6(20)2-19/h3-6,8-9,12,18-21H,1-2H2,(H2,13,14,15)/t5-,6+,8+,9-,12+/m0/s1. The van der Waals surface area contributed by atoms with Crippen LogP contribution in [0, 0.1) is 5.92 Å². The van der Waals surface area contributed by atoms with Gasteiger partial charge in [0.15, 0.2) is 17.7 Å². The van der Waals surface area contributed by atoms with Crippen molar-refractivity contribution in [2.75, 3.05) is 18.9 Å². The normalized spacial score (nSPS) is 30.0. The molecule has 3 heterocycles. The van der Waals surface area contributed by atoms with E-state index in [9.17, 15) is 15.3 Å². The van der Waals surface area contributed by atoms with E-state index in [1.165, 1.54) is 17.2 Å². The van der Waals surface area contributed by atoms with Gasteiger partial charge < -0.3 is 30.9 Å². The zero-order valence-corrected chi connectivity index (χ0v) is 11.5. The molecule has 22 heavy (non-hydrogen) atoms. The van der Waals surface area contributed by atoms with Gasteiger partial charge >= 0.3 is 0 Å². The maximum atomic E-state index is 10.4. The van der Waals surface area contributed by atoms with Gasteiger partial charge in [-0.2, -0.15) is 0 Å². The number of nitrogens with zero attached hydrogens (tertiary/aromatic N) is 4. The van der Waals surface area contributed by atoms with E-state index in [0.717, 1.165) is 0 Å².